The van der Waals surface area contributed by atoms with E-state index in [1.165, 1.54) is 0 Å². The van der Waals surface area contributed by atoms with Crippen LogP contribution in [-0.2, 0) is 0 Å². The standard InChI is InChI=1S/C11H12Br2INO/c1-2-7(12)6-15-11(16)9-5-8(14)3-4-10(9)13/h3-5,7H,2,6H2,1H3,(H,15,16). The van der Waals surface area contributed by atoms with E-state index in [0.717, 1.165) is 14.5 Å². The summed E-state index contributed by atoms with van der Waals surface area (Å²) in [6.07, 6.45) is 0.994. The highest BCUT2D eigenvalue weighted by molar-refractivity contribution is 14.1. The van der Waals surface area contributed by atoms with Gasteiger partial charge < -0.3 is 5.32 Å². The predicted octanol–water partition coefficient (Wildman–Crippen LogP) is 3.96. The third kappa shape index (κ3) is 4.33. The molecule has 16 heavy (non-hydrogen) atoms. The van der Waals surface area contributed by atoms with Crippen LogP contribution in [0.2, 0.25) is 0 Å². The number of rotatable bonds is 4. The van der Waals surface area contributed by atoms with Gasteiger partial charge in [-0.15, -0.1) is 0 Å². The highest BCUT2D eigenvalue weighted by Gasteiger charge is 2.11. The van der Waals surface area contributed by atoms with Gasteiger partial charge in [-0.1, -0.05) is 22.9 Å². The summed E-state index contributed by atoms with van der Waals surface area (Å²) in [6, 6.07) is 5.72. The first-order valence-electron chi connectivity index (χ1n) is 4.92. The minimum Gasteiger partial charge on any atom is -0.351 e. The predicted molar refractivity (Wildman–Crippen MR) is 82.2 cm³/mol. The summed E-state index contributed by atoms with van der Waals surface area (Å²) in [7, 11) is 0. The van der Waals surface area contributed by atoms with Crippen LogP contribution in [0.5, 0.6) is 0 Å². The van der Waals surface area contributed by atoms with E-state index in [1.54, 1.807) is 0 Å². The summed E-state index contributed by atoms with van der Waals surface area (Å²) in [5.74, 6) is -0.0386. The monoisotopic (exact) mass is 459 g/mol. The molecular formula is C11H12Br2INO. The third-order valence-electron chi connectivity index (χ3n) is 2.10. The molecule has 0 radical (unpaired) electrons. The van der Waals surface area contributed by atoms with Crippen molar-refractivity contribution in [3.05, 3.63) is 31.8 Å². The second kappa shape index (κ2) is 6.96. The van der Waals surface area contributed by atoms with E-state index in [1.807, 2.05) is 18.2 Å². The van der Waals surface area contributed by atoms with Crippen molar-refractivity contribution in [2.75, 3.05) is 6.54 Å². The van der Waals surface area contributed by atoms with Gasteiger partial charge in [0.1, 0.15) is 0 Å². The van der Waals surface area contributed by atoms with Crippen molar-refractivity contribution in [1.82, 2.24) is 5.32 Å². The molecule has 88 valence electrons. The molecule has 1 aromatic carbocycles. The average Bonchev–Trinajstić information content (AvgIpc) is 2.28. The number of alkyl halides is 1. The molecule has 1 atom stereocenters. The number of halogens is 3. The van der Waals surface area contributed by atoms with E-state index in [-0.39, 0.29) is 5.91 Å². The Bertz CT molecular complexity index is 384. The molecule has 0 aliphatic carbocycles. The Morgan fingerprint density at radius 2 is 2.25 bits per heavy atom. The minimum atomic E-state index is -0.0386. The number of hydrogen-bond acceptors (Lipinski definition) is 1. The number of carbonyl (C=O) groups excluding carboxylic acids is 1. The van der Waals surface area contributed by atoms with Crippen LogP contribution in [0.15, 0.2) is 22.7 Å². The Morgan fingerprint density at radius 1 is 1.56 bits per heavy atom. The average molecular weight is 461 g/mol. The summed E-state index contributed by atoms with van der Waals surface area (Å²) in [5, 5.41) is 2.90. The van der Waals surface area contributed by atoms with Crippen molar-refractivity contribution >= 4 is 60.4 Å². The van der Waals surface area contributed by atoms with Gasteiger partial charge in [0.15, 0.2) is 0 Å². The maximum absolute atomic E-state index is 11.9. The quantitative estimate of drug-likeness (QED) is 0.535. The second-order valence-corrected chi connectivity index (χ2v) is 6.73. The molecule has 0 saturated carbocycles. The van der Waals surface area contributed by atoms with E-state index in [4.69, 9.17) is 0 Å². The zero-order valence-electron chi connectivity index (χ0n) is 8.77. The van der Waals surface area contributed by atoms with Gasteiger partial charge >= 0.3 is 0 Å². The van der Waals surface area contributed by atoms with Crippen LogP contribution in [0.25, 0.3) is 0 Å². The molecule has 1 rings (SSSR count). The van der Waals surface area contributed by atoms with Gasteiger partial charge in [0.2, 0.25) is 0 Å². The van der Waals surface area contributed by atoms with Crippen LogP contribution in [0.4, 0.5) is 0 Å². The number of amides is 1. The highest BCUT2D eigenvalue weighted by Crippen LogP contribution is 2.19. The lowest BCUT2D eigenvalue weighted by molar-refractivity contribution is 0.0953. The zero-order chi connectivity index (χ0) is 12.1. The first-order chi connectivity index (χ1) is 7.54. The van der Waals surface area contributed by atoms with E-state index >= 15 is 0 Å². The van der Waals surface area contributed by atoms with E-state index < -0.39 is 0 Å². The van der Waals surface area contributed by atoms with Crippen molar-refractivity contribution in [2.24, 2.45) is 0 Å². The van der Waals surface area contributed by atoms with Crippen LogP contribution in [-0.4, -0.2) is 17.3 Å². The van der Waals surface area contributed by atoms with E-state index in [9.17, 15) is 4.79 Å². The van der Waals surface area contributed by atoms with Gasteiger partial charge in [0.05, 0.1) is 5.56 Å². The topological polar surface area (TPSA) is 29.1 Å². The molecule has 0 aliphatic rings. The fraction of sp³-hybridized carbons (Fsp3) is 0.364. The molecule has 0 aliphatic heterocycles. The lowest BCUT2D eigenvalue weighted by atomic mass is 10.2. The first-order valence-corrected chi connectivity index (χ1v) is 7.70. The van der Waals surface area contributed by atoms with Crippen molar-refractivity contribution in [2.45, 2.75) is 18.2 Å². The second-order valence-electron chi connectivity index (χ2n) is 3.34. The van der Waals surface area contributed by atoms with Crippen LogP contribution in [0.1, 0.15) is 23.7 Å². The van der Waals surface area contributed by atoms with Crippen molar-refractivity contribution in [3.8, 4) is 0 Å². The summed E-state index contributed by atoms with van der Waals surface area (Å²) in [5.41, 5.74) is 0.683. The molecule has 0 heterocycles. The molecule has 0 bridgehead atoms. The third-order valence-corrected chi connectivity index (χ3v) is 4.43. The number of hydrogen-bond donors (Lipinski definition) is 1. The number of benzene rings is 1. The number of nitrogens with one attached hydrogen (secondary N) is 1. The van der Waals surface area contributed by atoms with Crippen molar-refractivity contribution < 1.29 is 4.79 Å². The summed E-state index contributed by atoms with van der Waals surface area (Å²) >= 11 is 9.06. The van der Waals surface area contributed by atoms with Crippen LogP contribution < -0.4 is 5.32 Å². The Morgan fingerprint density at radius 3 is 2.88 bits per heavy atom. The normalized spacial score (nSPS) is 12.2. The van der Waals surface area contributed by atoms with E-state index in [0.29, 0.717) is 16.9 Å². The summed E-state index contributed by atoms with van der Waals surface area (Å²) in [4.78, 5) is 12.2. The molecule has 1 unspecified atom stereocenters. The maximum Gasteiger partial charge on any atom is 0.252 e. The Balaban J connectivity index is 2.69. The largest absolute Gasteiger partial charge is 0.351 e. The molecule has 1 aromatic rings. The molecular weight excluding hydrogens is 449 g/mol. The van der Waals surface area contributed by atoms with Gasteiger partial charge in [0, 0.05) is 19.4 Å². The van der Waals surface area contributed by atoms with Crippen LogP contribution in [0.3, 0.4) is 0 Å². The molecule has 1 N–H and O–H groups in total. The Labute approximate surface area is 126 Å². The fourth-order valence-corrected chi connectivity index (χ4v) is 2.19. The smallest absolute Gasteiger partial charge is 0.252 e. The van der Waals surface area contributed by atoms with Gasteiger partial charge in [-0.25, -0.2) is 0 Å². The maximum atomic E-state index is 11.9. The molecule has 0 fully saturated rings. The number of carbonyl (C=O) groups is 1. The highest BCUT2D eigenvalue weighted by atomic mass is 127. The molecule has 1 amide bonds. The van der Waals surface area contributed by atoms with Crippen LogP contribution >= 0.6 is 54.5 Å². The Hall–Kier alpha value is 0.380. The van der Waals surface area contributed by atoms with Crippen LogP contribution in [0, 0.1) is 3.57 Å². The summed E-state index contributed by atoms with van der Waals surface area (Å²) < 4.78 is 1.88. The first kappa shape index (κ1) is 14.4. The molecule has 0 saturated heterocycles. The van der Waals surface area contributed by atoms with Gasteiger partial charge in [-0.2, -0.15) is 0 Å². The lowest BCUT2D eigenvalue weighted by Crippen LogP contribution is -2.29. The molecule has 0 aromatic heterocycles. The SMILES string of the molecule is CCC(Br)CNC(=O)c1cc(I)ccc1Br. The molecule has 0 spiro atoms. The van der Waals surface area contributed by atoms with E-state index in [2.05, 4.69) is 66.7 Å². The van der Waals surface area contributed by atoms with Gasteiger partial charge in [-0.3, -0.25) is 4.79 Å². The molecule has 2 nitrogen and oxygen atoms in total. The minimum absolute atomic E-state index is 0.0386. The zero-order valence-corrected chi connectivity index (χ0v) is 14.1. The van der Waals surface area contributed by atoms with Gasteiger partial charge in [0.25, 0.3) is 5.91 Å². The van der Waals surface area contributed by atoms with Crippen molar-refractivity contribution in [1.29, 1.82) is 0 Å². The van der Waals surface area contributed by atoms with Crippen molar-refractivity contribution in [3.63, 3.8) is 0 Å². The van der Waals surface area contributed by atoms with Gasteiger partial charge in [-0.05, 0) is 63.1 Å². The lowest BCUT2D eigenvalue weighted by Gasteiger charge is -2.10. The summed E-state index contributed by atoms with van der Waals surface area (Å²) in [6.45, 7) is 2.72. The molecule has 5 heteroatoms. The fourth-order valence-electron chi connectivity index (χ4n) is 1.11. The Kier molecular flexibility index (Phi) is 6.28.